The Labute approximate surface area is 252 Å². The number of ether oxygens (including phenoxy) is 4. The quantitative estimate of drug-likeness (QED) is 0.0619. The summed E-state index contributed by atoms with van der Waals surface area (Å²) in [7, 11) is 0. The van der Waals surface area contributed by atoms with E-state index in [4.69, 9.17) is 18.9 Å². The number of unbranched alkanes of at least 4 members (excludes halogenated alkanes) is 3. The molecule has 0 bridgehead atoms. The number of carbonyl (C=O) groups is 1. The van der Waals surface area contributed by atoms with E-state index in [1.807, 2.05) is 6.92 Å². The van der Waals surface area contributed by atoms with Gasteiger partial charge in [-0.3, -0.25) is 4.79 Å². The molecule has 2 fully saturated rings. The molecule has 1 amide bonds. The van der Waals surface area contributed by atoms with Crippen molar-refractivity contribution in [1.82, 2.24) is 5.32 Å². The summed E-state index contributed by atoms with van der Waals surface area (Å²) in [5.41, 5.74) is 0. The molecule has 2 saturated heterocycles. The Morgan fingerprint density at radius 3 is 2.09 bits per heavy atom. The molecule has 2 aliphatic rings. The number of hydrogen-bond donors (Lipinski definition) is 9. The molecule has 14 nitrogen and oxygen atoms in total. The second kappa shape index (κ2) is 19.8. The first kappa shape index (κ1) is 37.7. The van der Waals surface area contributed by atoms with Crippen molar-refractivity contribution in [2.24, 2.45) is 0 Å². The second-order valence-corrected chi connectivity index (χ2v) is 10.9. The molecule has 0 aliphatic carbocycles. The molecule has 0 aromatic heterocycles. The molecular weight excluding hydrogens is 570 g/mol. The monoisotopic (exact) mass is 621 g/mol. The van der Waals surface area contributed by atoms with Crippen molar-refractivity contribution >= 4 is 5.91 Å². The molecule has 12 unspecified atom stereocenters. The summed E-state index contributed by atoms with van der Waals surface area (Å²) >= 11 is 0. The molecule has 0 aromatic rings. The first-order valence-electron chi connectivity index (χ1n) is 15.1. The Morgan fingerprint density at radius 2 is 1.44 bits per heavy atom. The molecule has 14 heteroatoms. The Bertz CT molecular complexity index is 841. The molecule has 12 atom stereocenters. The maximum Gasteiger partial charge on any atom is 0.220 e. The summed E-state index contributed by atoms with van der Waals surface area (Å²) in [4.78, 5) is 12.3. The van der Waals surface area contributed by atoms with Gasteiger partial charge in [0, 0.05) is 6.42 Å². The maximum atomic E-state index is 12.3. The van der Waals surface area contributed by atoms with E-state index in [0.717, 1.165) is 25.7 Å². The summed E-state index contributed by atoms with van der Waals surface area (Å²) in [5.74, 6) is -0.311. The van der Waals surface area contributed by atoms with Crippen LogP contribution in [0.4, 0.5) is 0 Å². The van der Waals surface area contributed by atoms with Crippen LogP contribution < -0.4 is 5.32 Å². The van der Waals surface area contributed by atoms with E-state index in [1.54, 1.807) is 12.2 Å². The third-order valence-corrected chi connectivity index (χ3v) is 7.36. The van der Waals surface area contributed by atoms with Crippen LogP contribution in [0.2, 0.25) is 0 Å². The lowest BCUT2D eigenvalue weighted by atomic mass is 9.97. The molecule has 2 aliphatic heterocycles. The molecule has 0 aromatic carbocycles. The minimum Gasteiger partial charge on any atom is -0.394 e. The fraction of sp³-hybridized carbons (Fsp3) is 0.828. The third-order valence-electron chi connectivity index (χ3n) is 7.36. The van der Waals surface area contributed by atoms with Crippen LogP contribution in [-0.2, 0) is 23.7 Å². The Kier molecular flexibility index (Phi) is 17.3. The van der Waals surface area contributed by atoms with Gasteiger partial charge in [-0.15, -0.1) is 0 Å². The van der Waals surface area contributed by atoms with Gasteiger partial charge in [-0.1, -0.05) is 51.0 Å². The summed E-state index contributed by atoms with van der Waals surface area (Å²) in [6, 6.07) is -0.918. The summed E-state index contributed by atoms with van der Waals surface area (Å²) in [6.45, 7) is 2.22. The second-order valence-electron chi connectivity index (χ2n) is 10.9. The normalized spacial score (nSPS) is 34.9. The number of carbonyl (C=O) groups excluding carboxylic acids is 1. The van der Waals surface area contributed by atoms with E-state index in [9.17, 15) is 45.6 Å². The van der Waals surface area contributed by atoms with Crippen LogP contribution >= 0.6 is 0 Å². The van der Waals surface area contributed by atoms with Crippen molar-refractivity contribution in [2.45, 2.75) is 132 Å². The van der Waals surface area contributed by atoms with Crippen molar-refractivity contribution in [3.8, 4) is 0 Å². The van der Waals surface area contributed by atoms with E-state index in [-0.39, 0.29) is 18.9 Å². The highest BCUT2D eigenvalue weighted by Gasteiger charge is 2.50. The first-order valence-corrected chi connectivity index (χ1v) is 15.1. The lowest BCUT2D eigenvalue weighted by Crippen LogP contribution is -2.65. The predicted molar refractivity (Wildman–Crippen MR) is 152 cm³/mol. The van der Waals surface area contributed by atoms with Gasteiger partial charge in [-0.25, -0.2) is 0 Å². The van der Waals surface area contributed by atoms with Crippen LogP contribution in [0.15, 0.2) is 24.3 Å². The van der Waals surface area contributed by atoms with Crippen LogP contribution in [-0.4, -0.2) is 140 Å². The van der Waals surface area contributed by atoms with Crippen molar-refractivity contribution in [3.05, 3.63) is 24.3 Å². The van der Waals surface area contributed by atoms with Gasteiger partial charge < -0.3 is 65.1 Å². The van der Waals surface area contributed by atoms with Gasteiger partial charge in [0.05, 0.1) is 32.0 Å². The summed E-state index contributed by atoms with van der Waals surface area (Å²) in [6.07, 6.45) is -3.87. The van der Waals surface area contributed by atoms with Gasteiger partial charge in [-0.05, 0) is 25.7 Å². The van der Waals surface area contributed by atoms with Gasteiger partial charge in [0.25, 0.3) is 0 Å². The average molecular weight is 622 g/mol. The largest absolute Gasteiger partial charge is 0.394 e. The van der Waals surface area contributed by atoms with Crippen LogP contribution in [0, 0.1) is 0 Å². The molecule has 43 heavy (non-hydrogen) atoms. The number of rotatable bonds is 18. The van der Waals surface area contributed by atoms with Crippen molar-refractivity contribution < 1.29 is 64.6 Å². The first-order chi connectivity index (χ1) is 20.6. The van der Waals surface area contributed by atoms with Crippen molar-refractivity contribution in [1.29, 1.82) is 0 Å². The Hall–Kier alpha value is -1.53. The standard InChI is InChI=1S/C29H51NO13/c1-3-5-6-7-8-9-10-11-13-18(33)17(30-21(34)12-4-2)16-40-28-26(39)24(37)27(20(15-32)42-28)43-29-25(38)23(36)22(35)19(14-31)41-29/h7-8,11,13,17-20,22-29,31-33,35-39H,3-6,9-10,12,14-16H2,1-2H3,(H,30,34)/b8-7+,13-11+. The van der Waals surface area contributed by atoms with Crippen molar-refractivity contribution in [2.75, 3.05) is 19.8 Å². The Morgan fingerprint density at radius 1 is 0.814 bits per heavy atom. The van der Waals surface area contributed by atoms with E-state index >= 15 is 0 Å². The number of allylic oxidation sites excluding steroid dienone is 3. The highest BCUT2D eigenvalue weighted by molar-refractivity contribution is 5.76. The molecule has 0 saturated carbocycles. The lowest BCUT2D eigenvalue weighted by molar-refractivity contribution is -0.359. The van der Waals surface area contributed by atoms with Crippen LogP contribution in [0.3, 0.4) is 0 Å². The molecule has 0 spiro atoms. The number of aliphatic hydroxyl groups excluding tert-OH is 8. The molecule has 2 rings (SSSR count). The maximum absolute atomic E-state index is 12.3. The molecule has 250 valence electrons. The summed E-state index contributed by atoms with van der Waals surface area (Å²) < 4.78 is 22.1. The van der Waals surface area contributed by atoms with Crippen LogP contribution in [0.25, 0.3) is 0 Å². The van der Waals surface area contributed by atoms with E-state index in [0.29, 0.717) is 12.8 Å². The van der Waals surface area contributed by atoms with Gasteiger partial charge in [-0.2, -0.15) is 0 Å². The van der Waals surface area contributed by atoms with Gasteiger partial charge in [0.2, 0.25) is 5.91 Å². The zero-order valence-electron chi connectivity index (χ0n) is 24.9. The van der Waals surface area contributed by atoms with E-state index < -0.39 is 86.8 Å². The summed E-state index contributed by atoms with van der Waals surface area (Å²) in [5, 5.41) is 84.6. The SMILES string of the molecule is CCCC/C=C/CC/C=C/C(O)C(COC1OC(CO)C(OC2OC(CO)C(O)C(O)C2O)C(O)C1O)NC(=O)CCC. The van der Waals surface area contributed by atoms with E-state index in [1.165, 1.54) is 0 Å². The topological polar surface area (TPSA) is 228 Å². The number of amides is 1. The van der Waals surface area contributed by atoms with E-state index in [2.05, 4.69) is 24.4 Å². The minimum atomic E-state index is -1.78. The van der Waals surface area contributed by atoms with Gasteiger partial charge in [0.1, 0.15) is 48.8 Å². The molecular formula is C29H51NO13. The Balaban J connectivity index is 2.03. The minimum absolute atomic E-state index is 0.223. The van der Waals surface area contributed by atoms with Gasteiger partial charge >= 0.3 is 0 Å². The fourth-order valence-electron chi connectivity index (χ4n) is 4.74. The highest BCUT2D eigenvalue weighted by Crippen LogP contribution is 2.29. The zero-order chi connectivity index (χ0) is 31.9. The molecule has 9 N–H and O–H groups in total. The third kappa shape index (κ3) is 11.4. The predicted octanol–water partition coefficient (Wildman–Crippen LogP) is -1.64. The smallest absolute Gasteiger partial charge is 0.220 e. The lowest BCUT2D eigenvalue weighted by Gasteiger charge is -2.46. The number of aliphatic hydroxyl groups is 8. The van der Waals surface area contributed by atoms with Gasteiger partial charge in [0.15, 0.2) is 12.6 Å². The highest BCUT2D eigenvalue weighted by atomic mass is 16.7. The van der Waals surface area contributed by atoms with Crippen LogP contribution in [0.1, 0.15) is 58.8 Å². The number of nitrogens with one attached hydrogen (secondary N) is 1. The average Bonchev–Trinajstić information content (AvgIpc) is 2.99. The number of hydrogen-bond acceptors (Lipinski definition) is 13. The fourth-order valence-corrected chi connectivity index (χ4v) is 4.74. The zero-order valence-corrected chi connectivity index (χ0v) is 24.9. The van der Waals surface area contributed by atoms with Crippen molar-refractivity contribution in [3.63, 3.8) is 0 Å². The van der Waals surface area contributed by atoms with Crippen LogP contribution in [0.5, 0.6) is 0 Å². The molecule has 2 heterocycles. The molecule has 0 radical (unpaired) electrons.